The Kier molecular flexibility index (Phi) is 7.34. The molecule has 0 fully saturated rings. The lowest BCUT2D eigenvalue weighted by Crippen LogP contribution is -2.25. The number of aliphatic hydroxyl groups excluding tert-OH is 1. The maximum absolute atomic E-state index is 11.7. The second-order valence-electron chi connectivity index (χ2n) is 6.44. The number of hydrogen-bond donors (Lipinski definition) is 1. The van der Waals surface area contributed by atoms with Gasteiger partial charge in [-0.2, -0.15) is 0 Å². The minimum atomic E-state index is -1.24. The van der Waals surface area contributed by atoms with Gasteiger partial charge >= 0.3 is 5.97 Å². The van der Waals surface area contributed by atoms with Gasteiger partial charge in [0.05, 0.1) is 25.0 Å². The first-order chi connectivity index (χ1) is 14.6. The van der Waals surface area contributed by atoms with E-state index in [4.69, 9.17) is 14.2 Å². The molecular formula is C23H24N2O5. The van der Waals surface area contributed by atoms with Gasteiger partial charge in [-0.05, 0) is 36.8 Å². The third-order valence-corrected chi connectivity index (χ3v) is 4.38. The third-order valence-electron chi connectivity index (χ3n) is 4.38. The normalized spacial score (nSPS) is 11.6. The lowest BCUT2D eigenvalue weighted by Gasteiger charge is -2.14. The van der Waals surface area contributed by atoms with Gasteiger partial charge in [-0.15, -0.1) is 0 Å². The number of rotatable bonds is 9. The predicted molar refractivity (Wildman–Crippen MR) is 111 cm³/mol. The molecule has 1 atom stereocenters. The van der Waals surface area contributed by atoms with Crippen LogP contribution in [0.5, 0.6) is 11.5 Å². The minimum absolute atomic E-state index is 0.102. The molecule has 0 amide bonds. The minimum Gasteiger partial charge on any atom is -0.496 e. The highest BCUT2D eigenvalue weighted by atomic mass is 16.5. The Morgan fingerprint density at radius 1 is 1.07 bits per heavy atom. The molecule has 1 N–H and O–H groups in total. The van der Waals surface area contributed by atoms with E-state index in [-0.39, 0.29) is 19.6 Å². The van der Waals surface area contributed by atoms with E-state index >= 15 is 0 Å². The number of nitrogens with zero attached hydrogens (tertiary/aromatic N) is 2. The van der Waals surface area contributed by atoms with Gasteiger partial charge in [-0.3, -0.25) is 0 Å². The second-order valence-corrected chi connectivity index (χ2v) is 6.44. The summed E-state index contributed by atoms with van der Waals surface area (Å²) in [5.74, 6) is 1.15. The van der Waals surface area contributed by atoms with Crippen molar-refractivity contribution in [3.8, 4) is 22.9 Å². The zero-order valence-corrected chi connectivity index (χ0v) is 16.9. The molecule has 30 heavy (non-hydrogen) atoms. The Hall–Kier alpha value is -3.45. The molecule has 0 radical (unpaired) electrons. The van der Waals surface area contributed by atoms with E-state index in [9.17, 15) is 9.90 Å². The van der Waals surface area contributed by atoms with Crippen LogP contribution in [-0.2, 0) is 22.6 Å². The molecule has 0 bridgehead atoms. The van der Waals surface area contributed by atoms with E-state index in [0.29, 0.717) is 28.6 Å². The Balaban J connectivity index is 1.73. The predicted octanol–water partition coefficient (Wildman–Crippen LogP) is 3.20. The van der Waals surface area contributed by atoms with E-state index in [1.807, 2.05) is 36.4 Å². The molecule has 0 spiro atoms. The molecule has 0 unspecified atom stereocenters. The summed E-state index contributed by atoms with van der Waals surface area (Å²) in [7, 11) is 1.60. The van der Waals surface area contributed by atoms with Crippen LogP contribution in [0.15, 0.2) is 60.8 Å². The zero-order valence-electron chi connectivity index (χ0n) is 16.9. The van der Waals surface area contributed by atoms with E-state index < -0.39 is 12.1 Å². The van der Waals surface area contributed by atoms with Crippen LogP contribution in [0.3, 0.4) is 0 Å². The average Bonchev–Trinajstić information content (AvgIpc) is 2.78. The fraction of sp³-hybridized carbons (Fsp3) is 0.261. The molecule has 0 aliphatic heterocycles. The monoisotopic (exact) mass is 408 g/mol. The van der Waals surface area contributed by atoms with Crippen molar-refractivity contribution < 1.29 is 24.1 Å². The van der Waals surface area contributed by atoms with Crippen molar-refractivity contribution in [3.05, 3.63) is 72.1 Å². The molecule has 0 saturated carbocycles. The summed E-state index contributed by atoms with van der Waals surface area (Å²) in [6, 6.07) is 16.5. The van der Waals surface area contributed by atoms with Crippen molar-refractivity contribution in [2.24, 2.45) is 0 Å². The molecule has 1 heterocycles. The van der Waals surface area contributed by atoms with Crippen molar-refractivity contribution in [2.75, 3.05) is 13.7 Å². The van der Waals surface area contributed by atoms with Gasteiger partial charge in [0.2, 0.25) is 0 Å². The molecular weight excluding hydrogens is 384 g/mol. The van der Waals surface area contributed by atoms with Crippen molar-refractivity contribution >= 4 is 5.97 Å². The number of para-hydroxylation sites is 2. The van der Waals surface area contributed by atoms with Gasteiger partial charge in [0.25, 0.3) is 0 Å². The van der Waals surface area contributed by atoms with E-state index in [1.165, 1.54) is 0 Å². The summed E-state index contributed by atoms with van der Waals surface area (Å²) in [5, 5.41) is 10.1. The molecule has 1 aromatic heterocycles. The topological polar surface area (TPSA) is 90.8 Å². The van der Waals surface area contributed by atoms with Crippen LogP contribution in [-0.4, -0.2) is 40.9 Å². The van der Waals surface area contributed by atoms with Gasteiger partial charge < -0.3 is 19.3 Å². The molecule has 7 nitrogen and oxygen atoms in total. The molecule has 156 valence electrons. The van der Waals surface area contributed by atoms with E-state index in [1.54, 1.807) is 38.4 Å². The second kappa shape index (κ2) is 10.4. The largest absolute Gasteiger partial charge is 0.496 e. The number of carbonyl (C=O) groups excluding carboxylic acids is 1. The summed E-state index contributed by atoms with van der Waals surface area (Å²) in [6.07, 6.45) is 0.528. The van der Waals surface area contributed by atoms with Gasteiger partial charge in [0.1, 0.15) is 18.1 Å². The fourth-order valence-corrected chi connectivity index (χ4v) is 2.93. The number of ether oxygens (including phenoxy) is 3. The lowest BCUT2D eigenvalue weighted by atomic mass is 10.1. The van der Waals surface area contributed by atoms with Gasteiger partial charge in [0.15, 0.2) is 11.9 Å². The molecule has 7 heteroatoms. The highest BCUT2D eigenvalue weighted by Gasteiger charge is 2.19. The van der Waals surface area contributed by atoms with Crippen molar-refractivity contribution in [1.82, 2.24) is 9.97 Å². The molecule has 3 aromatic rings. The van der Waals surface area contributed by atoms with Crippen LogP contribution < -0.4 is 9.47 Å². The SMILES string of the molecule is CCOC(=O)[C@@H](O)Cc1ccccc1OCc1ccnc(-c2ccccc2OC)n1. The van der Waals surface area contributed by atoms with Gasteiger partial charge in [-0.1, -0.05) is 30.3 Å². The van der Waals surface area contributed by atoms with Crippen molar-refractivity contribution in [3.63, 3.8) is 0 Å². The highest BCUT2D eigenvalue weighted by molar-refractivity contribution is 5.74. The quantitative estimate of drug-likeness (QED) is 0.544. The third kappa shape index (κ3) is 5.33. The smallest absolute Gasteiger partial charge is 0.335 e. The lowest BCUT2D eigenvalue weighted by molar-refractivity contribution is -0.152. The summed E-state index contributed by atoms with van der Waals surface area (Å²) >= 11 is 0. The van der Waals surface area contributed by atoms with Crippen LogP contribution in [0, 0.1) is 0 Å². The first-order valence-electron chi connectivity index (χ1n) is 9.63. The molecule has 0 aliphatic carbocycles. The van der Waals surface area contributed by atoms with Crippen molar-refractivity contribution in [2.45, 2.75) is 26.1 Å². The molecule has 3 rings (SSSR count). The Labute approximate surface area is 175 Å². The molecule has 0 saturated heterocycles. The number of methoxy groups -OCH3 is 1. The summed E-state index contributed by atoms with van der Waals surface area (Å²) in [6.45, 7) is 2.12. The van der Waals surface area contributed by atoms with Gasteiger partial charge in [0, 0.05) is 12.6 Å². The number of esters is 1. The van der Waals surface area contributed by atoms with Crippen LogP contribution in [0.1, 0.15) is 18.2 Å². The van der Waals surface area contributed by atoms with Crippen LogP contribution >= 0.6 is 0 Å². The van der Waals surface area contributed by atoms with Crippen LogP contribution in [0.4, 0.5) is 0 Å². The Morgan fingerprint density at radius 3 is 2.57 bits per heavy atom. The standard InChI is InChI=1S/C23H24N2O5/c1-3-29-23(27)19(26)14-16-8-4-6-10-20(16)30-15-17-12-13-24-22(25-17)18-9-5-7-11-21(18)28-2/h4-13,19,26H,3,14-15H2,1-2H3/t19-/m0/s1. The van der Waals surface area contributed by atoms with Gasteiger partial charge in [-0.25, -0.2) is 14.8 Å². The number of benzene rings is 2. The Morgan fingerprint density at radius 2 is 1.80 bits per heavy atom. The number of carbonyl (C=O) groups is 1. The summed E-state index contributed by atoms with van der Waals surface area (Å²) in [5.41, 5.74) is 2.18. The maximum atomic E-state index is 11.7. The molecule has 2 aromatic carbocycles. The van der Waals surface area contributed by atoms with E-state index in [2.05, 4.69) is 9.97 Å². The number of aromatic nitrogens is 2. The van der Waals surface area contributed by atoms with Crippen LogP contribution in [0.25, 0.3) is 11.4 Å². The average molecular weight is 408 g/mol. The molecule has 0 aliphatic rings. The summed E-state index contributed by atoms with van der Waals surface area (Å²) in [4.78, 5) is 20.6. The van der Waals surface area contributed by atoms with E-state index in [0.717, 1.165) is 5.56 Å². The fourth-order valence-electron chi connectivity index (χ4n) is 2.93. The van der Waals surface area contributed by atoms with Crippen LogP contribution in [0.2, 0.25) is 0 Å². The number of aliphatic hydroxyl groups is 1. The highest BCUT2D eigenvalue weighted by Crippen LogP contribution is 2.27. The first kappa shape index (κ1) is 21.3. The maximum Gasteiger partial charge on any atom is 0.335 e. The Bertz CT molecular complexity index is 993. The first-order valence-corrected chi connectivity index (χ1v) is 9.63. The number of hydrogen-bond acceptors (Lipinski definition) is 7. The summed E-state index contributed by atoms with van der Waals surface area (Å²) < 4.78 is 16.2. The van der Waals surface area contributed by atoms with Crippen molar-refractivity contribution in [1.29, 1.82) is 0 Å². The zero-order chi connectivity index (χ0) is 21.3.